The van der Waals surface area contributed by atoms with E-state index >= 15 is 0 Å². The molecule has 0 spiro atoms. The zero-order valence-corrected chi connectivity index (χ0v) is 17.0. The minimum Gasteiger partial charge on any atom is -0.345 e. The smallest absolute Gasteiger partial charge is 0.126 e. The first-order chi connectivity index (χ1) is 13.5. The molecule has 4 rings (SSSR count). The first kappa shape index (κ1) is 18.3. The molecular formula is C23H22N4S. The molecule has 0 saturated heterocycles. The van der Waals surface area contributed by atoms with Crippen molar-refractivity contribution < 1.29 is 0 Å². The highest BCUT2D eigenvalue weighted by Crippen LogP contribution is 2.38. The highest BCUT2D eigenvalue weighted by molar-refractivity contribution is 7.19. The van der Waals surface area contributed by atoms with Crippen molar-refractivity contribution in [2.75, 3.05) is 5.32 Å². The molecule has 3 heterocycles. The largest absolute Gasteiger partial charge is 0.345 e. The first-order valence-electron chi connectivity index (χ1n) is 9.21. The van der Waals surface area contributed by atoms with Gasteiger partial charge in [-0.3, -0.25) is 9.97 Å². The van der Waals surface area contributed by atoms with Crippen LogP contribution in [-0.4, -0.2) is 15.0 Å². The number of hydrogen-bond donors (Lipinski definition) is 1. The van der Waals surface area contributed by atoms with E-state index in [9.17, 15) is 0 Å². The van der Waals surface area contributed by atoms with Crippen LogP contribution in [0.2, 0.25) is 0 Å². The quantitative estimate of drug-likeness (QED) is 0.446. The molecule has 0 aliphatic carbocycles. The van der Waals surface area contributed by atoms with E-state index in [-0.39, 0.29) is 5.41 Å². The molecule has 140 valence electrons. The minimum absolute atomic E-state index is 0.136. The number of hydrogen-bond acceptors (Lipinski definition) is 5. The molecule has 1 N–H and O–H groups in total. The topological polar surface area (TPSA) is 50.7 Å². The summed E-state index contributed by atoms with van der Waals surface area (Å²) in [7, 11) is 0. The van der Waals surface area contributed by atoms with Gasteiger partial charge in [0.2, 0.25) is 0 Å². The summed E-state index contributed by atoms with van der Waals surface area (Å²) in [5.41, 5.74) is 5.25. The fourth-order valence-electron chi connectivity index (χ4n) is 2.88. The molecule has 3 aromatic heterocycles. The van der Waals surface area contributed by atoms with Crippen molar-refractivity contribution in [3.8, 4) is 22.0 Å². The SMILES string of the molecule is CC(C)(C)c1ccc(Nc2sc(-c3ccncc3)nc2-c2ccccn2)cc1. The molecule has 0 aliphatic rings. The zero-order valence-electron chi connectivity index (χ0n) is 16.2. The van der Waals surface area contributed by atoms with E-state index in [0.717, 1.165) is 32.6 Å². The van der Waals surface area contributed by atoms with Crippen LogP contribution in [0.5, 0.6) is 0 Å². The number of nitrogens with one attached hydrogen (secondary N) is 1. The van der Waals surface area contributed by atoms with Crippen LogP contribution in [0.15, 0.2) is 73.2 Å². The molecule has 1 aromatic carbocycles. The second-order valence-corrected chi connectivity index (χ2v) is 8.60. The van der Waals surface area contributed by atoms with Crippen LogP contribution >= 0.6 is 11.3 Å². The van der Waals surface area contributed by atoms with Crippen LogP contribution in [0.25, 0.3) is 22.0 Å². The van der Waals surface area contributed by atoms with E-state index in [1.54, 1.807) is 29.9 Å². The number of pyridine rings is 2. The lowest BCUT2D eigenvalue weighted by molar-refractivity contribution is 0.590. The zero-order chi connectivity index (χ0) is 19.6. The number of rotatable bonds is 4. The van der Waals surface area contributed by atoms with Crippen LogP contribution < -0.4 is 5.32 Å². The van der Waals surface area contributed by atoms with E-state index in [4.69, 9.17) is 4.98 Å². The second-order valence-electron chi connectivity index (χ2n) is 7.60. The molecule has 4 aromatic rings. The van der Waals surface area contributed by atoms with Gasteiger partial charge in [0.05, 0.1) is 5.69 Å². The molecular weight excluding hydrogens is 364 g/mol. The summed E-state index contributed by atoms with van der Waals surface area (Å²) in [6.45, 7) is 6.66. The van der Waals surface area contributed by atoms with Gasteiger partial charge in [-0.25, -0.2) is 4.98 Å². The Balaban J connectivity index is 1.72. The molecule has 0 atom stereocenters. The highest BCUT2D eigenvalue weighted by atomic mass is 32.1. The maximum Gasteiger partial charge on any atom is 0.126 e. The summed E-state index contributed by atoms with van der Waals surface area (Å²) in [6, 6.07) is 18.4. The summed E-state index contributed by atoms with van der Waals surface area (Å²) in [5, 5.41) is 5.46. The Morgan fingerprint density at radius 3 is 2.25 bits per heavy atom. The van der Waals surface area contributed by atoms with E-state index < -0.39 is 0 Å². The lowest BCUT2D eigenvalue weighted by Crippen LogP contribution is -2.10. The van der Waals surface area contributed by atoms with E-state index in [1.807, 2.05) is 30.3 Å². The Bertz CT molecular complexity index is 1050. The Labute approximate surface area is 169 Å². The van der Waals surface area contributed by atoms with Crippen molar-refractivity contribution in [2.45, 2.75) is 26.2 Å². The molecule has 0 fully saturated rings. The standard InChI is InChI=1S/C23H22N4S/c1-23(2,3)17-7-9-18(10-8-17)26-22-20(19-6-4-5-13-25-19)27-21(28-22)16-11-14-24-15-12-16/h4-15,26H,1-3H3. The normalized spacial score (nSPS) is 11.4. The van der Waals surface area contributed by atoms with Crippen LogP contribution in [-0.2, 0) is 5.41 Å². The fourth-order valence-corrected chi connectivity index (χ4v) is 3.88. The van der Waals surface area contributed by atoms with Gasteiger partial charge in [0.15, 0.2) is 0 Å². The van der Waals surface area contributed by atoms with Crippen molar-refractivity contribution in [3.63, 3.8) is 0 Å². The van der Waals surface area contributed by atoms with Gasteiger partial charge < -0.3 is 5.32 Å². The summed E-state index contributed by atoms with van der Waals surface area (Å²) >= 11 is 1.62. The molecule has 4 nitrogen and oxygen atoms in total. The van der Waals surface area contributed by atoms with Crippen molar-refractivity contribution in [1.29, 1.82) is 0 Å². The van der Waals surface area contributed by atoms with E-state index in [1.165, 1.54) is 5.56 Å². The number of thiazole rings is 1. The third-order valence-corrected chi connectivity index (χ3v) is 5.49. The van der Waals surface area contributed by atoms with Crippen molar-refractivity contribution in [3.05, 3.63) is 78.8 Å². The Morgan fingerprint density at radius 1 is 0.857 bits per heavy atom. The van der Waals surface area contributed by atoms with Gasteiger partial charge >= 0.3 is 0 Å². The van der Waals surface area contributed by atoms with Gasteiger partial charge in [0, 0.05) is 29.8 Å². The number of aromatic nitrogens is 3. The van der Waals surface area contributed by atoms with Gasteiger partial charge in [-0.05, 0) is 47.4 Å². The van der Waals surface area contributed by atoms with Gasteiger partial charge in [-0.15, -0.1) is 0 Å². The fraction of sp³-hybridized carbons (Fsp3) is 0.174. The van der Waals surface area contributed by atoms with Gasteiger partial charge in [0.1, 0.15) is 15.7 Å². The Morgan fingerprint density at radius 2 is 1.61 bits per heavy atom. The van der Waals surface area contributed by atoms with Crippen molar-refractivity contribution >= 4 is 22.0 Å². The van der Waals surface area contributed by atoms with Crippen molar-refractivity contribution in [1.82, 2.24) is 15.0 Å². The molecule has 0 unspecified atom stereocenters. The number of anilines is 2. The summed E-state index contributed by atoms with van der Waals surface area (Å²) in [6.07, 6.45) is 5.37. The molecule has 0 bridgehead atoms. The van der Waals surface area contributed by atoms with E-state index in [2.05, 4.69) is 60.3 Å². The monoisotopic (exact) mass is 386 g/mol. The maximum absolute atomic E-state index is 4.87. The molecule has 28 heavy (non-hydrogen) atoms. The lowest BCUT2D eigenvalue weighted by atomic mass is 9.87. The maximum atomic E-state index is 4.87. The molecule has 0 radical (unpaired) electrons. The van der Waals surface area contributed by atoms with E-state index in [0.29, 0.717) is 0 Å². The van der Waals surface area contributed by atoms with Crippen LogP contribution in [0.3, 0.4) is 0 Å². The number of benzene rings is 1. The third kappa shape index (κ3) is 3.94. The first-order valence-corrected chi connectivity index (χ1v) is 10.0. The Kier molecular flexibility index (Phi) is 4.92. The van der Waals surface area contributed by atoms with Gasteiger partial charge in [-0.1, -0.05) is 50.3 Å². The molecule has 0 amide bonds. The highest BCUT2D eigenvalue weighted by Gasteiger charge is 2.17. The Hall–Kier alpha value is -3.05. The molecule has 0 saturated carbocycles. The summed E-state index contributed by atoms with van der Waals surface area (Å²) in [4.78, 5) is 13.5. The average Bonchev–Trinajstić information content (AvgIpc) is 3.13. The van der Waals surface area contributed by atoms with Crippen LogP contribution in [0, 0.1) is 0 Å². The van der Waals surface area contributed by atoms with Gasteiger partial charge in [0.25, 0.3) is 0 Å². The lowest BCUT2D eigenvalue weighted by Gasteiger charge is -2.19. The van der Waals surface area contributed by atoms with Crippen molar-refractivity contribution in [2.24, 2.45) is 0 Å². The predicted molar refractivity (Wildman–Crippen MR) is 117 cm³/mol. The van der Waals surface area contributed by atoms with Crippen LogP contribution in [0.4, 0.5) is 10.7 Å². The second kappa shape index (κ2) is 7.52. The molecule has 5 heteroatoms. The summed E-state index contributed by atoms with van der Waals surface area (Å²) < 4.78 is 0. The third-order valence-electron chi connectivity index (χ3n) is 4.47. The predicted octanol–water partition coefficient (Wildman–Crippen LogP) is 6.31. The van der Waals surface area contributed by atoms with Gasteiger partial charge in [-0.2, -0.15) is 0 Å². The average molecular weight is 387 g/mol. The summed E-state index contributed by atoms with van der Waals surface area (Å²) in [5.74, 6) is 0. The minimum atomic E-state index is 0.136. The molecule has 0 aliphatic heterocycles. The van der Waals surface area contributed by atoms with Crippen LogP contribution in [0.1, 0.15) is 26.3 Å². The number of nitrogens with zero attached hydrogens (tertiary/aromatic N) is 3.